The number of benzene rings is 1. The van der Waals surface area contributed by atoms with Gasteiger partial charge in [0.2, 0.25) is 5.91 Å². The first kappa shape index (κ1) is 16.3. The van der Waals surface area contributed by atoms with Crippen LogP contribution >= 0.6 is 11.6 Å². The number of halogens is 1. The molecule has 1 fully saturated rings. The zero-order valence-corrected chi connectivity index (χ0v) is 13.4. The highest BCUT2D eigenvalue weighted by Gasteiger charge is 2.23. The topological polar surface area (TPSA) is 41.6 Å². The van der Waals surface area contributed by atoms with Gasteiger partial charge in [-0.15, -0.1) is 0 Å². The molecule has 1 aliphatic rings. The minimum atomic E-state index is -0.0289. The summed E-state index contributed by atoms with van der Waals surface area (Å²) in [4.78, 5) is 14.4. The lowest BCUT2D eigenvalue weighted by atomic mass is 10.1. The van der Waals surface area contributed by atoms with E-state index in [1.807, 2.05) is 43.0 Å². The Hall–Kier alpha value is -1.10. The summed E-state index contributed by atoms with van der Waals surface area (Å²) in [6.07, 6.45) is 0.383. The van der Waals surface area contributed by atoms with Gasteiger partial charge in [-0.1, -0.05) is 29.8 Å². The van der Waals surface area contributed by atoms with Crippen LogP contribution in [0, 0.1) is 0 Å². The van der Waals surface area contributed by atoms with Crippen molar-refractivity contribution in [2.24, 2.45) is 0 Å². The second-order valence-electron chi connectivity index (χ2n) is 5.61. The molecule has 2 rings (SSSR count). The summed E-state index contributed by atoms with van der Waals surface area (Å²) in [5, 5.41) is 3.95. The number of hydrogen-bond donors (Lipinski definition) is 1. The van der Waals surface area contributed by atoms with Crippen molar-refractivity contribution in [3.63, 3.8) is 0 Å². The van der Waals surface area contributed by atoms with Crippen LogP contribution in [0.25, 0.3) is 0 Å². The molecule has 4 nitrogen and oxygen atoms in total. The largest absolute Gasteiger partial charge is 0.375 e. The van der Waals surface area contributed by atoms with Gasteiger partial charge in [-0.2, -0.15) is 0 Å². The Bertz CT molecular complexity index is 473. The van der Waals surface area contributed by atoms with Gasteiger partial charge in [-0.05, 0) is 25.5 Å². The predicted molar refractivity (Wildman–Crippen MR) is 84.4 cm³/mol. The molecular formula is C16H23ClN2O2. The Kier molecular flexibility index (Phi) is 6.03. The van der Waals surface area contributed by atoms with E-state index in [0.717, 1.165) is 18.7 Å². The second kappa shape index (κ2) is 7.78. The monoisotopic (exact) mass is 310 g/mol. The first-order valence-electron chi connectivity index (χ1n) is 7.43. The maximum Gasteiger partial charge on any atom is 0.225 e. The number of rotatable bonds is 5. The van der Waals surface area contributed by atoms with Crippen LogP contribution in [0.4, 0.5) is 0 Å². The van der Waals surface area contributed by atoms with Crippen LogP contribution in [-0.2, 0) is 16.1 Å². The van der Waals surface area contributed by atoms with Crippen molar-refractivity contribution in [3.8, 4) is 0 Å². The molecule has 0 saturated carbocycles. The molecule has 0 radical (unpaired) electrons. The highest BCUT2D eigenvalue weighted by molar-refractivity contribution is 6.31. The first-order chi connectivity index (χ1) is 10.1. The number of carbonyl (C=O) groups excluding carboxylic acids is 1. The molecule has 1 saturated heterocycles. The molecule has 0 aromatic heterocycles. The minimum absolute atomic E-state index is 0.0289. The third kappa shape index (κ3) is 4.70. The SMILES string of the molecule is CC(C)N(Cc1ccccc1Cl)C(=O)CC1CNCCO1. The molecule has 0 aliphatic carbocycles. The van der Waals surface area contributed by atoms with Crippen LogP contribution in [-0.4, -0.2) is 42.6 Å². The van der Waals surface area contributed by atoms with Crippen LogP contribution in [0.2, 0.25) is 5.02 Å². The van der Waals surface area contributed by atoms with E-state index in [9.17, 15) is 4.79 Å². The maximum atomic E-state index is 12.5. The molecule has 1 heterocycles. The molecule has 1 aromatic carbocycles. The van der Waals surface area contributed by atoms with Gasteiger partial charge in [-0.3, -0.25) is 4.79 Å². The van der Waals surface area contributed by atoms with Gasteiger partial charge in [0, 0.05) is 30.7 Å². The molecule has 0 bridgehead atoms. The Morgan fingerprint density at radius 3 is 2.86 bits per heavy atom. The molecule has 1 aliphatic heterocycles. The van der Waals surface area contributed by atoms with E-state index in [1.54, 1.807) is 0 Å². The number of nitrogens with one attached hydrogen (secondary N) is 1. The standard InChI is InChI=1S/C16H23ClN2O2/c1-12(2)19(11-13-5-3-4-6-15(13)17)16(20)9-14-10-18-7-8-21-14/h3-6,12,14,18H,7-11H2,1-2H3. The van der Waals surface area contributed by atoms with Crippen LogP contribution in [0.15, 0.2) is 24.3 Å². The molecule has 116 valence electrons. The number of ether oxygens (including phenoxy) is 1. The fourth-order valence-electron chi connectivity index (χ4n) is 2.43. The Morgan fingerprint density at radius 1 is 1.48 bits per heavy atom. The van der Waals surface area contributed by atoms with Crippen molar-refractivity contribution in [2.45, 2.75) is 39.0 Å². The molecule has 1 unspecified atom stereocenters. The van der Waals surface area contributed by atoms with E-state index >= 15 is 0 Å². The minimum Gasteiger partial charge on any atom is -0.375 e. The number of morpholine rings is 1. The summed E-state index contributed by atoms with van der Waals surface area (Å²) >= 11 is 6.20. The lowest BCUT2D eigenvalue weighted by Crippen LogP contribution is -2.44. The zero-order valence-electron chi connectivity index (χ0n) is 12.6. The predicted octanol–water partition coefficient (Wildman–Crippen LogP) is 2.46. The average Bonchev–Trinajstić information content (AvgIpc) is 2.47. The van der Waals surface area contributed by atoms with E-state index in [4.69, 9.17) is 16.3 Å². The summed E-state index contributed by atoms with van der Waals surface area (Å²) in [5.74, 6) is 0.110. The lowest BCUT2D eigenvalue weighted by Gasteiger charge is -2.30. The molecule has 21 heavy (non-hydrogen) atoms. The Morgan fingerprint density at radius 2 is 2.24 bits per heavy atom. The second-order valence-corrected chi connectivity index (χ2v) is 6.02. The fourth-order valence-corrected chi connectivity index (χ4v) is 2.63. The van der Waals surface area contributed by atoms with Gasteiger partial charge in [0.05, 0.1) is 19.1 Å². The van der Waals surface area contributed by atoms with Crippen molar-refractivity contribution < 1.29 is 9.53 Å². The van der Waals surface area contributed by atoms with Crippen LogP contribution < -0.4 is 5.32 Å². The molecule has 0 spiro atoms. The van der Waals surface area contributed by atoms with Crippen LogP contribution in [0.5, 0.6) is 0 Å². The van der Waals surface area contributed by atoms with Gasteiger partial charge in [-0.25, -0.2) is 0 Å². The Labute approximate surface area is 131 Å². The molecule has 1 amide bonds. The van der Waals surface area contributed by atoms with E-state index in [0.29, 0.717) is 24.6 Å². The number of carbonyl (C=O) groups is 1. The highest BCUT2D eigenvalue weighted by Crippen LogP contribution is 2.19. The van der Waals surface area contributed by atoms with E-state index < -0.39 is 0 Å². The van der Waals surface area contributed by atoms with Crippen molar-refractivity contribution in [2.75, 3.05) is 19.7 Å². The maximum absolute atomic E-state index is 12.5. The fraction of sp³-hybridized carbons (Fsp3) is 0.562. The van der Waals surface area contributed by atoms with Crippen molar-refractivity contribution in [1.29, 1.82) is 0 Å². The van der Waals surface area contributed by atoms with Gasteiger partial charge < -0.3 is 15.0 Å². The van der Waals surface area contributed by atoms with Crippen molar-refractivity contribution in [1.82, 2.24) is 10.2 Å². The third-order valence-electron chi connectivity index (χ3n) is 3.65. The average molecular weight is 311 g/mol. The first-order valence-corrected chi connectivity index (χ1v) is 7.81. The molecular weight excluding hydrogens is 288 g/mol. The summed E-state index contributed by atoms with van der Waals surface area (Å²) in [6, 6.07) is 7.79. The van der Waals surface area contributed by atoms with E-state index in [1.165, 1.54) is 0 Å². The normalized spacial score (nSPS) is 18.8. The van der Waals surface area contributed by atoms with Gasteiger partial charge in [0.25, 0.3) is 0 Å². The summed E-state index contributed by atoms with van der Waals surface area (Å²) in [6.45, 7) is 6.85. The van der Waals surface area contributed by atoms with Crippen molar-refractivity contribution >= 4 is 17.5 Å². The van der Waals surface area contributed by atoms with Crippen LogP contribution in [0.1, 0.15) is 25.8 Å². The Balaban J connectivity index is 2.00. The molecule has 5 heteroatoms. The van der Waals surface area contributed by atoms with E-state index in [2.05, 4.69) is 5.32 Å². The smallest absolute Gasteiger partial charge is 0.225 e. The zero-order chi connectivity index (χ0) is 15.2. The lowest BCUT2D eigenvalue weighted by molar-refractivity contribution is -0.137. The highest BCUT2D eigenvalue weighted by atomic mass is 35.5. The van der Waals surface area contributed by atoms with Crippen molar-refractivity contribution in [3.05, 3.63) is 34.9 Å². The summed E-state index contributed by atoms with van der Waals surface area (Å²) in [7, 11) is 0. The van der Waals surface area contributed by atoms with Gasteiger partial charge >= 0.3 is 0 Å². The van der Waals surface area contributed by atoms with E-state index in [-0.39, 0.29) is 18.1 Å². The number of amides is 1. The molecule has 1 N–H and O–H groups in total. The number of nitrogens with zero attached hydrogens (tertiary/aromatic N) is 1. The van der Waals surface area contributed by atoms with Crippen LogP contribution in [0.3, 0.4) is 0 Å². The summed E-state index contributed by atoms with van der Waals surface area (Å²) in [5.41, 5.74) is 0.976. The summed E-state index contributed by atoms with van der Waals surface area (Å²) < 4.78 is 5.62. The van der Waals surface area contributed by atoms with Gasteiger partial charge in [0.1, 0.15) is 0 Å². The molecule has 1 aromatic rings. The third-order valence-corrected chi connectivity index (χ3v) is 4.02. The quantitative estimate of drug-likeness (QED) is 0.908. The molecule has 1 atom stereocenters. The number of hydrogen-bond acceptors (Lipinski definition) is 3. The van der Waals surface area contributed by atoms with Gasteiger partial charge in [0.15, 0.2) is 0 Å².